The molecule has 0 atom stereocenters. The number of hydrogen-bond acceptors (Lipinski definition) is 7. The first kappa shape index (κ1) is 23.9. The number of nitrogens with one attached hydrogen (secondary N) is 1. The molecule has 0 saturated heterocycles. The van der Waals surface area contributed by atoms with E-state index in [1.165, 1.54) is 18.2 Å². The van der Waals surface area contributed by atoms with Gasteiger partial charge in [0.05, 0.1) is 5.69 Å². The summed E-state index contributed by atoms with van der Waals surface area (Å²) in [7, 11) is -15.8. The summed E-state index contributed by atoms with van der Waals surface area (Å²) < 4.78 is 96.0. The molecule has 0 amide bonds. The van der Waals surface area contributed by atoms with Crippen LogP contribution in [0.4, 0.5) is 0 Å². The molecule has 1 heterocycles. The lowest BCUT2D eigenvalue weighted by Gasteiger charge is -2.12. The number of nitrogens with zero attached hydrogens (tertiary/aromatic N) is 1. The lowest BCUT2D eigenvalue weighted by atomic mass is 10.1. The van der Waals surface area contributed by atoms with Gasteiger partial charge in [0.15, 0.2) is 0 Å². The molecule has 30 heavy (non-hydrogen) atoms. The number of fused-ring (bicyclic) bond motifs is 1. The van der Waals surface area contributed by atoms with Crippen molar-refractivity contribution in [1.29, 1.82) is 0 Å². The maximum Gasteiger partial charge on any atom is 0.297 e. The van der Waals surface area contributed by atoms with Crippen LogP contribution < -0.4 is 0 Å². The molecule has 4 N–H and O–H groups in total. The second-order valence-electron chi connectivity index (χ2n) is 6.01. The van der Waals surface area contributed by atoms with Crippen LogP contribution in [0.2, 0.25) is 0 Å². The summed E-state index contributed by atoms with van der Waals surface area (Å²) in [6.45, 7) is 4.05. The third kappa shape index (κ3) is 5.41. The lowest BCUT2D eigenvalue weighted by molar-refractivity contribution is 0.457. The number of benzene rings is 2. The fourth-order valence-corrected chi connectivity index (χ4v) is 6.02. The van der Waals surface area contributed by atoms with Gasteiger partial charge in [-0.15, -0.1) is 0 Å². The van der Waals surface area contributed by atoms with Crippen LogP contribution in [0, 0.1) is 6.92 Å². The first-order chi connectivity index (χ1) is 13.7. The van der Waals surface area contributed by atoms with E-state index in [9.17, 15) is 29.8 Å². The molecule has 14 heteroatoms. The largest absolute Gasteiger partial charge is 0.349 e. The van der Waals surface area contributed by atoms with Gasteiger partial charge in [-0.1, -0.05) is 31.2 Å². The summed E-state index contributed by atoms with van der Waals surface area (Å²) in [5.74, 6) is 1.00. The van der Waals surface area contributed by atoms with Gasteiger partial charge >= 0.3 is 0 Å². The zero-order valence-corrected chi connectivity index (χ0v) is 18.1. The van der Waals surface area contributed by atoms with Crippen molar-refractivity contribution in [3.63, 3.8) is 0 Å². The fourth-order valence-electron chi connectivity index (χ4n) is 2.61. The normalized spacial score (nSPS) is 12.4. The van der Waals surface area contributed by atoms with Crippen molar-refractivity contribution >= 4 is 41.1 Å². The summed E-state index contributed by atoms with van der Waals surface area (Å²) >= 11 is 0. The Hall–Kier alpha value is -2.36. The third-order valence-corrected chi connectivity index (χ3v) is 6.85. The van der Waals surface area contributed by atoms with Gasteiger partial charge in [-0.05, 0) is 24.8 Å². The van der Waals surface area contributed by atoms with Crippen LogP contribution in [0.1, 0.15) is 18.4 Å². The Kier molecular flexibility index (Phi) is 6.70. The summed E-state index contributed by atoms with van der Waals surface area (Å²) in [4.78, 5) is 2.87. The molecule has 164 valence electrons. The van der Waals surface area contributed by atoms with E-state index in [0.29, 0.717) is 6.07 Å². The zero-order valence-electron chi connectivity index (χ0n) is 15.6. The lowest BCUT2D eigenvalue weighted by Crippen LogP contribution is -2.15. The molecule has 0 bridgehead atoms. The van der Waals surface area contributed by atoms with Gasteiger partial charge in [-0.3, -0.25) is 13.7 Å². The predicted octanol–water partition coefficient (Wildman–Crippen LogP) is 1.86. The van der Waals surface area contributed by atoms with Gasteiger partial charge < -0.3 is 4.98 Å². The van der Waals surface area contributed by atoms with Crippen LogP contribution in [-0.4, -0.2) is 48.9 Å². The summed E-state index contributed by atoms with van der Waals surface area (Å²) in [6.07, 6.45) is 2.96. The van der Waals surface area contributed by atoms with E-state index >= 15 is 0 Å². The second kappa shape index (κ2) is 8.41. The highest BCUT2D eigenvalue weighted by atomic mass is 32.2. The minimum absolute atomic E-state index is 0.0878. The van der Waals surface area contributed by atoms with Crippen molar-refractivity contribution in [2.45, 2.75) is 35.0 Å². The molecule has 0 radical (unpaired) electrons. The van der Waals surface area contributed by atoms with Crippen LogP contribution in [-0.2, 0) is 36.8 Å². The molecule has 0 aliphatic rings. The molecule has 1 aromatic heterocycles. The molecular weight excluding hydrogens is 460 g/mol. The van der Waals surface area contributed by atoms with Crippen LogP contribution in [0.3, 0.4) is 0 Å². The second-order valence-corrected chi connectivity index (χ2v) is 10.1. The quantitative estimate of drug-likeness (QED) is 0.402. The molecule has 11 nitrogen and oxygen atoms in total. The van der Waals surface area contributed by atoms with Gasteiger partial charge in [0, 0.05) is 11.6 Å². The summed E-state index contributed by atoms with van der Waals surface area (Å²) in [5, 5.41) is -0.430. The number of imidazole rings is 1. The maximum absolute atomic E-state index is 11.5. The number of aromatic amines is 1. The van der Waals surface area contributed by atoms with Gasteiger partial charge in [0.1, 0.15) is 20.5 Å². The third-order valence-electron chi connectivity index (χ3n) is 3.84. The topological polar surface area (TPSA) is 192 Å². The van der Waals surface area contributed by atoms with Crippen LogP contribution in [0.5, 0.6) is 0 Å². The molecule has 3 rings (SSSR count). The zero-order chi connectivity index (χ0) is 22.9. The van der Waals surface area contributed by atoms with Gasteiger partial charge in [0.25, 0.3) is 30.4 Å². The monoisotopic (exact) mass is 478 g/mol. The van der Waals surface area contributed by atoms with Crippen molar-refractivity contribution in [2.24, 2.45) is 0 Å². The molecule has 0 unspecified atom stereocenters. The van der Waals surface area contributed by atoms with Crippen molar-refractivity contribution in [1.82, 2.24) is 9.97 Å². The van der Waals surface area contributed by atoms with E-state index in [-0.39, 0.29) is 10.8 Å². The van der Waals surface area contributed by atoms with E-state index in [1.54, 1.807) is 0 Å². The van der Waals surface area contributed by atoms with E-state index in [0.717, 1.165) is 24.0 Å². The Balaban J connectivity index is 0.000000335. The molecule has 0 fully saturated rings. The number of rotatable bonds is 4. The van der Waals surface area contributed by atoms with Crippen LogP contribution in [0.25, 0.3) is 10.8 Å². The number of hydrogen-bond donors (Lipinski definition) is 4. The minimum atomic E-state index is -5.40. The smallest absolute Gasteiger partial charge is 0.297 e. The highest BCUT2D eigenvalue weighted by Crippen LogP contribution is 2.35. The minimum Gasteiger partial charge on any atom is -0.349 e. The van der Waals surface area contributed by atoms with E-state index in [1.807, 2.05) is 13.1 Å². The first-order valence-electron chi connectivity index (χ1n) is 8.15. The Labute approximate surface area is 173 Å². The van der Waals surface area contributed by atoms with Crippen molar-refractivity contribution in [3.05, 3.63) is 48.0 Å². The van der Waals surface area contributed by atoms with Crippen molar-refractivity contribution < 1.29 is 38.9 Å². The van der Waals surface area contributed by atoms with Gasteiger partial charge in [0.2, 0.25) is 0 Å². The highest BCUT2D eigenvalue weighted by Gasteiger charge is 2.34. The molecule has 0 aliphatic carbocycles. The van der Waals surface area contributed by atoms with Crippen molar-refractivity contribution in [2.75, 3.05) is 0 Å². The van der Waals surface area contributed by atoms with Crippen molar-refractivity contribution in [3.8, 4) is 0 Å². The first-order valence-corrected chi connectivity index (χ1v) is 12.5. The average Bonchev–Trinajstić information content (AvgIpc) is 3.04. The Morgan fingerprint density at radius 2 is 1.47 bits per heavy atom. The summed E-state index contributed by atoms with van der Waals surface area (Å²) in [5.41, 5.74) is 1.14. The summed E-state index contributed by atoms with van der Waals surface area (Å²) in [6, 6.07) is 5.69. The highest BCUT2D eigenvalue weighted by molar-refractivity contribution is 7.90. The van der Waals surface area contributed by atoms with Crippen LogP contribution in [0.15, 0.2) is 51.2 Å². The Bertz CT molecular complexity index is 1410. The standard InChI is InChI=1S/C10H8O9S3.C6H10N2/c11-20(12,13)8-5-6-3-1-2-4-7(6)9(21(14,15)16)10(8)22(17,18)19;1-3-6-4-7-5(2)8-6/h1-5H,(H,11,12,13)(H,14,15,16)(H,17,18,19);4H,3H2,1-2H3,(H,7,8). The Morgan fingerprint density at radius 1 is 0.900 bits per heavy atom. The van der Waals surface area contributed by atoms with E-state index in [2.05, 4.69) is 16.9 Å². The fraction of sp³-hybridized carbons (Fsp3) is 0.188. The van der Waals surface area contributed by atoms with Gasteiger partial charge in [-0.2, -0.15) is 25.3 Å². The number of aromatic nitrogens is 2. The molecular formula is C16H18N2O9S3. The predicted molar refractivity (Wildman–Crippen MR) is 106 cm³/mol. The molecule has 2 aromatic carbocycles. The van der Waals surface area contributed by atoms with E-state index < -0.39 is 45.0 Å². The maximum atomic E-state index is 11.5. The van der Waals surface area contributed by atoms with Crippen LogP contribution >= 0.6 is 0 Å². The number of aryl methyl sites for hydroxylation is 2. The van der Waals surface area contributed by atoms with Gasteiger partial charge in [-0.25, -0.2) is 4.98 Å². The average molecular weight is 479 g/mol. The SMILES string of the molecule is CCc1c[nH]c(C)n1.O=S(=O)(O)c1cc2ccccc2c(S(=O)(=O)O)c1S(=O)(=O)O. The molecule has 0 spiro atoms. The molecule has 0 saturated carbocycles. The molecule has 0 aliphatic heterocycles. The number of H-pyrrole nitrogens is 1. The Morgan fingerprint density at radius 3 is 1.87 bits per heavy atom. The van der Waals surface area contributed by atoms with E-state index in [4.69, 9.17) is 9.11 Å². The molecule has 3 aromatic rings.